The van der Waals surface area contributed by atoms with Gasteiger partial charge in [0.1, 0.15) is 5.60 Å². The number of carbonyl (C=O) groups excluding carboxylic acids is 2. The third-order valence-corrected chi connectivity index (χ3v) is 3.15. The minimum absolute atomic E-state index is 0.113. The Labute approximate surface area is 128 Å². The van der Waals surface area contributed by atoms with Gasteiger partial charge in [-0.2, -0.15) is 0 Å². The van der Waals surface area contributed by atoms with E-state index in [9.17, 15) is 9.59 Å². The van der Waals surface area contributed by atoms with Crippen molar-refractivity contribution < 1.29 is 14.3 Å². The van der Waals surface area contributed by atoms with Crippen molar-refractivity contribution in [1.82, 2.24) is 0 Å². The second-order valence-corrected chi connectivity index (χ2v) is 6.64. The number of benzene rings is 1. The summed E-state index contributed by atoms with van der Waals surface area (Å²) in [6.45, 7) is 5.55. The fourth-order valence-electron chi connectivity index (χ4n) is 1.73. The Morgan fingerprint density at radius 2 is 1.60 bits per heavy atom. The van der Waals surface area contributed by atoms with Gasteiger partial charge in [0.05, 0.1) is 0 Å². The molecule has 0 fully saturated rings. The molecule has 1 rings (SSSR count). The van der Waals surface area contributed by atoms with Gasteiger partial charge >= 0.3 is 5.97 Å². The summed E-state index contributed by atoms with van der Waals surface area (Å²) in [5.74, 6) is -0.0877. The molecular formula is C16H21BrO3. The Morgan fingerprint density at radius 3 is 2.15 bits per heavy atom. The summed E-state index contributed by atoms with van der Waals surface area (Å²) in [5, 5.41) is 0. The number of unbranched alkanes of at least 4 members (excludes halogenated alkanes) is 1. The molecule has 0 saturated carbocycles. The second kappa shape index (κ2) is 7.58. The van der Waals surface area contributed by atoms with Crippen LogP contribution in [0, 0.1) is 0 Å². The fraction of sp³-hybridized carbons (Fsp3) is 0.500. The highest BCUT2D eigenvalue weighted by molar-refractivity contribution is 9.10. The third-order valence-electron chi connectivity index (χ3n) is 2.62. The largest absolute Gasteiger partial charge is 0.460 e. The van der Waals surface area contributed by atoms with Gasteiger partial charge in [0.25, 0.3) is 0 Å². The van der Waals surface area contributed by atoms with E-state index in [1.807, 2.05) is 32.9 Å². The molecule has 0 saturated heterocycles. The van der Waals surface area contributed by atoms with E-state index in [2.05, 4.69) is 15.9 Å². The predicted molar refractivity (Wildman–Crippen MR) is 82.8 cm³/mol. The van der Waals surface area contributed by atoms with Crippen LogP contribution in [0.1, 0.15) is 56.8 Å². The van der Waals surface area contributed by atoms with Crippen molar-refractivity contribution in [1.29, 1.82) is 0 Å². The number of hydrogen-bond acceptors (Lipinski definition) is 3. The van der Waals surface area contributed by atoms with Crippen molar-refractivity contribution in [3.63, 3.8) is 0 Å². The van der Waals surface area contributed by atoms with Gasteiger partial charge in [0.2, 0.25) is 0 Å². The lowest BCUT2D eigenvalue weighted by molar-refractivity contribution is -0.154. The van der Waals surface area contributed by atoms with Crippen LogP contribution >= 0.6 is 15.9 Å². The number of ether oxygens (including phenoxy) is 1. The van der Waals surface area contributed by atoms with Gasteiger partial charge in [0, 0.05) is 22.9 Å². The van der Waals surface area contributed by atoms with Gasteiger partial charge in [-0.25, -0.2) is 0 Å². The van der Waals surface area contributed by atoms with Crippen molar-refractivity contribution in [2.75, 3.05) is 0 Å². The molecule has 0 aliphatic rings. The average Bonchev–Trinajstić information content (AvgIpc) is 2.33. The van der Waals surface area contributed by atoms with Crippen LogP contribution in [0.4, 0.5) is 0 Å². The van der Waals surface area contributed by atoms with E-state index in [0.717, 1.165) is 4.47 Å². The standard InChI is InChI=1S/C16H21BrO3/c1-16(2,3)20-15(19)7-5-4-6-14(18)12-8-10-13(17)11-9-12/h8-11H,4-7H2,1-3H3. The zero-order chi connectivity index (χ0) is 15.2. The molecule has 110 valence electrons. The first-order valence-corrected chi connectivity index (χ1v) is 7.58. The zero-order valence-electron chi connectivity index (χ0n) is 12.2. The van der Waals surface area contributed by atoms with Crippen LogP contribution in [0.25, 0.3) is 0 Å². The van der Waals surface area contributed by atoms with Crippen molar-refractivity contribution in [2.45, 2.75) is 52.1 Å². The van der Waals surface area contributed by atoms with E-state index in [1.54, 1.807) is 12.1 Å². The van der Waals surface area contributed by atoms with E-state index in [1.165, 1.54) is 0 Å². The molecule has 20 heavy (non-hydrogen) atoms. The van der Waals surface area contributed by atoms with Crippen molar-refractivity contribution >= 4 is 27.7 Å². The first-order chi connectivity index (χ1) is 9.28. The molecule has 3 nitrogen and oxygen atoms in total. The molecule has 0 radical (unpaired) electrons. The summed E-state index contributed by atoms with van der Waals surface area (Å²) in [6, 6.07) is 7.32. The van der Waals surface area contributed by atoms with E-state index < -0.39 is 5.60 Å². The topological polar surface area (TPSA) is 43.4 Å². The number of hydrogen-bond donors (Lipinski definition) is 0. The van der Waals surface area contributed by atoms with Gasteiger partial charge in [0.15, 0.2) is 5.78 Å². The van der Waals surface area contributed by atoms with E-state index >= 15 is 0 Å². The maximum absolute atomic E-state index is 11.9. The van der Waals surface area contributed by atoms with Crippen LogP contribution in [0.15, 0.2) is 28.7 Å². The smallest absolute Gasteiger partial charge is 0.306 e. The maximum atomic E-state index is 11.9. The highest BCUT2D eigenvalue weighted by Crippen LogP contribution is 2.14. The van der Waals surface area contributed by atoms with Gasteiger partial charge < -0.3 is 4.74 Å². The average molecular weight is 341 g/mol. The molecule has 1 aromatic carbocycles. The monoisotopic (exact) mass is 340 g/mol. The Balaban J connectivity index is 2.26. The number of halogens is 1. The Bertz CT molecular complexity index is 458. The summed E-state index contributed by atoms with van der Waals surface area (Å²) >= 11 is 3.34. The summed E-state index contributed by atoms with van der Waals surface area (Å²) in [6.07, 6.45) is 2.21. The van der Waals surface area contributed by atoms with Crippen LogP contribution < -0.4 is 0 Å². The molecular weight excluding hydrogens is 320 g/mol. The van der Waals surface area contributed by atoms with E-state index in [4.69, 9.17) is 4.74 Å². The van der Waals surface area contributed by atoms with Crippen LogP contribution in [-0.4, -0.2) is 17.4 Å². The van der Waals surface area contributed by atoms with Crippen molar-refractivity contribution in [2.24, 2.45) is 0 Å². The number of ketones is 1. The highest BCUT2D eigenvalue weighted by Gasteiger charge is 2.15. The minimum atomic E-state index is -0.440. The van der Waals surface area contributed by atoms with Gasteiger partial charge in [-0.15, -0.1) is 0 Å². The van der Waals surface area contributed by atoms with Crippen LogP contribution in [0.2, 0.25) is 0 Å². The van der Waals surface area contributed by atoms with Crippen LogP contribution in [0.5, 0.6) is 0 Å². The summed E-state index contributed by atoms with van der Waals surface area (Å²) < 4.78 is 6.17. The number of esters is 1. The Kier molecular flexibility index (Phi) is 6.40. The second-order valence-electron chi connectivity index (χ2n) is 5.72. The summed E-state index contributed by atoms with van der Waals surface area (Å²) in [5.41, 5.74) is 0.273. The van der Waals surface area contributed by atoms with Gasteiger partial charge in [-0.05, 0) is 45.7 Å². The van der Waals surface area contributed by atoms with Crippen molar-refractivity contribution in [3.05, 3.63) is 34.3 Å². The van der Waals surface area contributed by atoms with E-state index in [-0.39, 0.29) is 11.8 Å². The van der Waals surface area contributed by atoms with Gasteiger partial charge in [-0.1, -0.05) is 28.1 Å². The molecule has 0 aromatic heterocycles. The molecule has 0 unspecified atom stereocenters. The van der Waals surface area contributed by atoms with Crippen molar-refractivity contribution in [3.8, 4) is 0 Å². The lowest BCUT2D eigenvalue weighted by atomic mass is 10.0. The number of rotatable bonds is 6. The highest BCUT2D eigenvalue weighted by atomic mass is 79.9. The normalized spacial score (nSPS) is 11.2. The minimum Gasteiger partial charge on any atom is -0.460 e. The number of carbonyl (C=O) groups is 2. The van der Waals surface area contributed by atoms with E-state index in [0.29, 0.717) is 31.2 Å². The fourth-order valence-corrected chi connectivity index (χ4v) is 1.99. The molecule has 0 aliphatic heterocycles. The maximum Gasteiger partial charge on any atom is 0.306 e. The van der Waals surface area contributed by atoms with Crippen LogP contribution in [0.3, 0.4) is 0 Å². The molecule has 0 atom stereocenters. The zero-order valence-corrected chi connectivity index (χ0v) is 13.8. The Hall–Kier alpha value is -1.16. The quantitative estimate of drug-likeness (QED) is 0.434. The summed E-state index contributed by atoms with van der Waals surface area (Å²) in [7, 11) is 0. The van der Waals surface area contributed by atoms with Gasteiger partial charge in [-0.3, -0.25) is 9.59 Å². The molecule has 0 N–H and O–H groups in total. The predicted octanol–water partition coefficient (Wildman–Crippen LogP) is 4.53. The molecule has 0 heterocycles. The molecule has 0 spiro atoms. The Morgan fingerprint density at radius 1 is 1.05 bits per heavy atom. The molecule has 0 aliphatic carbocycles. The molecule has 1 aromatic rings. The number of Topliss-reactive ketones (excluding diaryl/α,β-unsaturated/α-hetero) is 1. The molecule has 0 amide bonds. The van der Waals surface area contributed by atoms with Crippen LogP contribution in [-0.2, 0) is 9.53 Å². The SMILES string of the molecule is CC(C)(C)OC(=O)CCCCC(=O)c1ccc(Br)cc1. The lowest BCUT2D eigenvalue weighted by Crippen LogP contribution is -2.23. The first kappa shape index (κ1) is 16.9. The molecule has 0 bridgehead atoms. The first-order valence-electron chi connectivity index (χ1n) is 6.78. The summed E-state index contributed by atoms with van der Waals surface area (Å²) in [4.78, 5) is 23.4. The lowest BCUT2D eigenvalue weighted by Gasteiger charge is -2.19. The molecule has 4 heteroatoms. The third kappa shape index (κ3) is 6.85.